The van der Waals surface area contributed by atoms with Crippen LogP contribution in [-0.2, 0) is 0 Å². The minimum Gasteiger partial charge on any atom is -0.456 e. The first kappa shape index (κ1) is 18.9. The molecule has 0 amide bonds. The van der Waals surface area contributed by atoms with Crippen LogP contribution in [-0.4, -0.2) is 13.7 Å². The van der Waals surface area contributed by atoms with Crippen molar-refractivity contribution in [2.75, 3.05) is 0 Å². The molecular formula is C62H31N5O3. The van der Waals surface area contributed by atoms with Crippen LogP contribution in [0.25, 0.3) is 153 Å². The van der Waals surface area contributed by atoms with Crippen LogP contribution in [0.15, 0.2) is 201 Å². The Labute approximate surface area is 437 Å². The van der Waals surface area contributed by atoms with Crippen molar-refractivity contribution in [1.29, 1.82) is 5.26 Å². The Hall–Kier alpha value is -10.0. The van der Waals surface area contributed by atoms with E-state index in [1.807, 2.05) is 6.07 Å². The lowest BCUT2D eigenvalue weighted by molar-refractivity contribution is 0.669. The van der Waals surface area contributed by atoms with Crippen molar-refractivity contribution in [3.63, 3.8) is 0 Å². The highest BCUT2D eigenvalue weighted by Crippen LogP contribution is 2.49. The molecular weight excluding hydrogens is 863 g/mol. The van der Waals surface area contributed by atoms with Crippen LogP contribution in [0, 0.1) is 17.9 Å². The average molecular weight is 924 g/mol. The number of rotatable bonds is 3. The van der Waals surface area contributed by atoms with Crippen LogP contribution in [0.4, 0.5) is 5.69 Å². The van der Waals surface area contributed by atoms with E-state index in [9.17, 15) is 32.4 Å². The Kier molecular flexibility index (Phi) is 3.60. The first-order valence-electron chi connectivity index (χ1n) is 35.7. The number of hydrogen-bond donors (Lipinski definition) is 0. The lowest BCUT2D eigenvalue weighted by atomic mass is 10.0. The Morgan fingerprint density at radius 2 is 0.743 bits per heavy atom. The molecule has 0 aliphatic heterocycles. The third-order valence-corrected chi connectivity index (χ3v) is 12.4. The molecule has 16 rings (SSSR count). The number of hydrogen-bond acceptors (Lipinski definition) is 4. The second kappa shape index (κ2) is 13.3. The fraction of sp³-hybridized carbons (Fsp3) is 0. The Balaban J connectivity index is 1.26. The van der Waals surface area contributed by atoms with Crippen LogP contribution in [0.3, 0.4) is 0 Å². The quantitative estimate of drug-likeness (QED) is 0.165. The van der Waals surface area contributed by atoms with Gasteiger partial charge >= 0.3 is 0 Å². The topological polar surface area (TPSA) is 82.4 Å². The number of aromatic nitrogens is 3. The summed E-state index contributed by atoms with van der Waals surface area (Å²) in [6.07, 6.45) is 0. The lowest BCUT2D eigenvalue weighted by Gasteiger charge is -2.22. The van der Waals surface area contributed by atoms with E-state index < -0.39 is 341 Å². The summed E-state index contributed by atoms with van der Waals surface area (Å²) in [7, 11) is 0. The van der Waals surface area contributed by atoms with Crippen LogP contribution >= 0.6 is 0 Å². The first-order chi connectivity index (χ1) is 47.2. The van der Waals surface area contributed by atoms with E-state index in [0.29, 0.717) is 0 Å². The second-order valence-electron chi connectivity index (χ2n) is 15.8. The predicted octanol–water partition coefficient (Wildman–Crippen LogP) is 17.1. The van der Waals surface area contributed by atoms with Crippen molar-refractivity contribution >= 4 is 137 Å². The van der Waals surface area contributed by atoms with Crippen molar-refractivity contribution in [2.45, 2.75) is 0 Å². The molecule has 0 N–H and O–H groups in total. The van der Waals surface area contributed by atoms with Gasteiger partial charge in [-0.3, -0.25) is 0 Å². The summed E-state index contributed by atoms with van der Waals surface area (Å²) in [5.74, 6) is 0. The van der Waals surface area contributed by atoms with Gasteiger partial charge in [0.15, 0.2) is 0 Å². The molecule has 8 nitrogen and oxygen atoms in total. The number of fused-ring (bicyclic) bond motifs is 18. The standard InChI is InChI=1S/C62H31N5O3/c1-64-61-46(33-63)53(65-47-20-8-2-14-34(47)40-29-58-43(26-50(40)65)37-17-5-11-23-55(37)68-58)32-54(66-48-21-9-3-15-35(48)41-30-59-44(27-51(41)66)38-18-6-12-24-56(38)69-59)62(61)67-49-22-10-4-16-36(49)42-31-60-45(28-52(42)67)39-19-7-13-25-57(39)70-60/h2-32H/i2D,3D,4D,5D,6D,7D,8D,9D,10D,11D,12D,13D,14D,15D,16D,17D,18D,19D,20D,21D,22D,23D,24D,25D,26D,27D,28D,29D,30D,31D. The summed E-state index contributed by atoms with van der Waals surface area (Å²) in [6.45, 7) is 9.43. The molecule has 0 saturated heterocycles. The molecule has 0 spiro atoms. The molecule has 0 aliphatic rings. The molecule has 6 heterocycles. The number of nitriles is 1. The summed E-state index contributed by atoms with van der Waals surface area (Å²) in [4.78, 5) is 3.93. The minimum absolute atomic E-state index is 0.473. The summed E-state index contributed by atoms with van der Waals surface area (Å²) in [5.41, 5.74) is -12.3. The lowest BCUT2D eigenvalue weighted by Crippen LogP contribution is -2.08. The highest BCUT2D eigenvalue weighted by molar-refractivity contribution is 6.21. The van der Waals surface area contributed by atoms with Gasteiger partial charge in [-0.15, -0.1) is 0 Å². The third kappa shape index (κ3) is 4.71. The van der Waals surface area contributed by atoms with Gasteiger partial charge in [0.2, 0.25) is 5.69 Å². The van der Waals surface area contributed by atoms with E-state index in [2.05, 4.69) is 4.85 Å². The number of benzene rings is 10. The molecule has 322 valence electrons. The maximum absolute atomic E-state index is 12.1. The maximum Gasteiger partial charge on any atom is 0.232 e. The Morgan fingerprint density at radius 3 is 1.16 bits per heavy atom. The first-order valence-corrected chi connectivity index (χ1v) is 20.7. The second-order valence-corrected chi connectivity index (χ2v) is 15.8. The molecule has 0 unspecified atom stereocenters. The third-order valence-electron chi connectivity index (χ3n) is 12.4. The van der Waals surface area contributed by atoms with Gasteiger partial charge in [-0.2, -0.15) is 5.26 Å². The highest BCUT2D eigenvalue weighted by atomic mass is 16.3. The fourth-order valence-electron chi connectivity index (χ4n) is 9.61. The van der Waals surface area contributed by atoms with E-state index >= 15 is 0 Å². The van der Waals surface area contributed by atoms with Crippen LogP contribution < -0.4 is 0 Å². The van der Waals surface area contributed by atoms with E-state index in [-0.39, 0.29) is 0 Å². The molecule has 0 atom stereocenters. The van der Waals surface area contributed by atoms with Crippen molar-refractivity contribution < 1.29 is 54.4 Å². The molecule has 0 radical (unpaired) electrons. The molecule has 10 aromatic carbocycles. The van der Waals surface area contributed by atoms with Crippen molar-refractivity contribution in [3.8, 4) is 23.1 Å². The molecule has 0 aliphatic carbocycles. The van der Waals surface area contributed by atoms with Gasteiger partial charge in [-0.25, -0.2) is 4.85 Å². The van der Waals surface area contributed by atoms with Gasteiger partial charge in [-0.1, -0.05) is 109 Å². The van der Waals surface area contributed by atoms with E-state index in [1.165, 1.54) is 0 Å². The number of para-hydroxylation sites is 6. The van der Waals surface area contributed by atoms with E-state index in [0.717, 1.165) is 19.8 Å². The van der Waals surface area contributed by atoms with Gasteiger partial charge in [0.05, 0.1) is 109 Å². The van der Waals surface area contributed by atoms with Gasteiger partial charge in [-0.05, 0) is 78.6 Å². The smallest absolute Gasteiger partial charge is 0.232 e. The molecule has 0 saturated carbocycles. The largest absolute Gasteiger partial charge is 0.456 e. The van der Waals surface area contributed by atoms with Crippen LogP contribution in [0.1, 0.15) is 46.7 Å². The zero-order chi connectivity index (χ0) is 72.0. The molecule has 0 bridgehead atoms. The predicted molar refractivity (Wildman–Crippen MR) is 282 cm³/mol. The fourth-order valence-corrected chi connectivity index (χ4v) is 9.61. The van der Waals surface area contributed by atoms with Crippen molar-refractivity contribution in [2.24, 2.45) is 0 Å². The Bertz CT molecular complexity index is 6940. The SMILES string of the molecule is [2H]c1c([2H])c([2H])c2c(oc3c([2H])c4c5c([2H])c([2H])c([2H])c([2H])c5n(-c5cc(-n6c7c([2H])c([2H])c([2H])c([2H])c7c7c([2H])c8oc9c([2H])c([2H])c([2H])c([2H])c9c8c([2H])c76)c(-n6c7c([2H])c([2H])c([2H])c([2H])c7c7c([2H])c8oc9c([2H])c([2H])c([2H])c([2H])c9c8c([2H])c76)c([N+]#[C-])c5C#N)c4c([2H])c32)c1[2H]. The average Bonchev–Trinajstić information content (AvgIpc) is 1.52. The molecule has 8 heteroatoms. The van der Waals surface area contributed by atoms with Crippen molar-refractivity contribution in [3.05, 3.63) is 204 Å². The zero-order valence-electron chi connectivity index (χ0n) is 64.5. The Morgan fingerprint density at radius 1 is 0.386 bits per heavy atom. The zero-order valence-corrected chi connectivity index (χ0v) is 34.5. The monoisotopic (exact) mass is 923 g/mol. The van der Waals surface area contributed by atoms with Gasteiger partial charge < -0.3 is 27.0 Å². The van der Waals surface area contributed by atoms with Gasteiger partial charge in [0.25, 0.3) is 0 Å². The van der Waals surface area contributed by atoms with E-state index in [4.69, 9.17) is 33.8 Å². The summed E-state index contributed by atoms with van der Waals surface area (Å²) >= 11 is 0. The van der Waals surface area contributed by atoms with Crippen LogP contribution in [0.5, 0.6) is 0 Å². The maximum atomic E-state index is 12.1. The summed E-state index contributed by atoms with van der Waals surface area (Å²) in [5, 5.41) is 5.43. The van der Waals surface area contributed by atoms with E-state index in [1.54, 1.807) is 0 Å². The minimum atomic E-state index is -1.04. The van der Waals surface area contributed by atoms with Gasteiger partial charge in [0, 0.05) is 64.6 Å². The van der Waals surface area contributed by atoms with Crippen molar-refractivity contribution in [1.82, 2.24) is 13.7 Å². The molecule has 16 aromatic rings. The number of furan rings is 3. The highest BCUT2D eigenvalue weighted by Gasteiger charge is 2.30. The number of nitrogens with zero attached hydrogens (tertiary/aromatic N) is 5. The van der Waals surface area contributed by atoms with Gasteiger partial charge in [0.1, 0.15) is 33.5 Å². The molecule has 6 aromatic heterocycles. The normalized spacial score (nSPS) is 18.3. The van der Waals surface area contributed by atoms with Crippen LogP contribution in [0.2, 0.25) is 0 Å². The molecule has 70 heavy (non-hydrogen) atoms. The summed E-state index contributed by atoms with van der Waals surface area (Å²) < 4.78 is 300. The molecule has 0 fully saturated rings. The summed E-state index contributed by atoms with van der Waals surface area (Å²) in [6, 6.07) is -23.5.